The highest BCUT2D eigenvalue weighted by Crippen LogP contribution is 3.02. The Balaban J connectivity index is 2.58. The number of hydrogen-bond donors (Lipinski definition) is 0. The van der Waals surface area contributed by atoms with Crippen LogP contribution in [0.5, 0.6) is 0 Å². The Morgan fingerprint density at radius 2 is 1.73 bits per heavy atom. The molecule has 0 amide bonds. The Kier molecular flexibility index (Phi) is 4.03. The third-order valence-electron chi connectivity index (χ3n) is 3.16. The van der Waals surface area contributed by atoms with Gasteiger partial charge in [-0.25, -0.2) is 0 Å². The molecule has 0 bridgehead atoms. The van der Waals surface area contributed by atoms with E-state index in [2.05, 4.69) is 15.9 Å². The zero-order valence-electron chi connectivity index (χ0n) is 11.2. The molecule has 1 fully saturated rings. The van der Waals surface area contributed by atoms with Crippen molar-refractivity contribution in [2.24, 2.45) is 0 Å². The van der Waals surface area contributed by atoms with E-state index in [1.54, 1.807) is 0 Å². The molecule has 0 saturated carbocycles. The van der Waals surface area contributed by atoms with Gasteiger partial charge in [0.2, 0.25) is 0 Å². The summed E-state index contributed by atoms with van der Waals surface area (Å²) in [7, 11) is -9.86. The zero-order valence-corrected chi connectivity index (χ0v) is 13.6. The molecule has 1 saturated heterocycles. The van der Waals surface area contributed by atoms with E-state index < -0.39 is 26.5 Å². The number of rotatable bonds is 4. The van der Waals surface area contributed by atoms with Gasteiger partial charge < -0.3 is 9.64 Å². The standard InChI is InChI=1S/C12H13BrF5NO2S/c13-8-12(20)9-5-10(19-1-3-21-4-2-19)7-11(6-9)22(14,15,16,17)18/h5-7H,1-4,8H2. The summed E-state index contributed by atoms with van der Waals surface area (Å²) in [4.78, 5) is 11.1. The molecular weight excluding hydrogens is 397 g/mol. The lowest BCUT2D eigenvalue weighted by molar-refractivity contribution is 0.102. The lowest BCUT2D eigenvalue weighted by Crippen LogP contribution is -2.36. The van der Waals surface area contributed by atoms with Crippen LogP contribution in [0.25, 0.3) is 0 Å². The first-order valence-electron chi connectivity index (χ1n) is 6.22. The van der Waals surface area contributed by atoms with Crippen LogP contribution in [0.15, 0.2) is 23.1 Å². The third-order valence-corrected chi connectivity index (χ3v) is 4.79. The number of ketones is 1. The number of halogens is 6. The fraction of sp³-hybridized carbons (Fsp3) is 0.417. The summed E-state index contributed by atoms with van der Waals surface area (Å²) in [5.41, 5.74) is -0.456. The van der Waals surface area contributed by atoms with E-state index in [-0.39, 0.29) is 43.4 Å². The fourth-order valence-corrected chi connectivity index (χ4v) is 3.07. The molecule has 1 aliphatic heterocycles. The molecule has 0 spiro atoms. The second kappa shape index (κ2) is 5.07. The lowest BCUT2D eigenvalue weighted by Gasteiger charge is -2.41. The molecule has 0 atom stereocenters. The zero-order chi connectivity index (χ0) is 16.7. The highest BCUT2D eigenvalue weighted by molar-refractivity contribution is 9.09. The molecule has 0 N–H and O–H groups in total. The van der Waals surface area contributed by atoms with Crippen LogP contribution >= 0.6 is 26.2 Å². The van der Waals surface area contributed by atoms with Crippen LogP contribution in [-0.2, 0) is 4.74 Å². The number of carbonyl (C=O) groups is 1. The number of alkyl halides is 1. The van der Waals surface area contributed by atoms with Crippen LogP contribution in [-0.4, -0.2) is 37.4 Å². The summed E-state index contributed by atoms with van der Waals surface area (Å²) < 4.78 is 70.5. The van der Waals surface area contributed by atoms with Crippen LogP contribution in [0, 0.1) is 0 Å². The van der Waals surface area contributed by atoms with Gasteiger partial charge in [-0.3, -0.25) is 4.79 Å². The van der Waals surface area contributed by atoms with E-state index in [1.807, 2.05) is 0 Å². The third kappa shape index (κ3) is 4.11. The number of hydrogen-bond acceptors (Lipinski definition) is 3. The first-order chi connectivity index (χ1) is 9.90. The summed E-state index contributed by atoms with van der Waals surface area (Å²) in [6.07, 6.45) is 0. The van der Waals surface area contributed by atoms with Crippen molar-refractivity contribution in [1.29, 1.82) is 0 Å². The number of morpholine rings is 1. The second-order valence-corrected chi connectivity index (χ2v) is 7.81. The van der Waals surface area contributed by atoms with Gasteiger partial charge in [0.05, 0.1) is 18.5 Å². The minimum absolute atomic E-state index is 0.0571. The van der Waals surface area contributed by atoms with Crippen molar-refractivity contribution in [3.05, 3.63) is 23.8 Å². The molecule has 0 unspecified atom stereocenters. The number of nitrogens with zero attached hydrogens (tertiary/aromatic N) is 1. The quantitative estimate of drug-likeness (QED) is 0.408. The number of anilines is 1. The molecular formula is C12H13BrF5NO2S. The van der Waals surface area contributed by atoms with Gasteiger partial charge in [-0.1, -0.05) is 35.4 Å². The number of Topliss-reactive ketones (excluding diaryl/α,β-unsaturated/α-hetero) is 1. The second-order valence-electron chi connectivity index (χ2n) is 4.84. The van der Waals surface area contributed by atoms with Gasteiger partial charge in [-0.05, 0) is 18.2 Å². The van der Waals surface area contributed by atoms with E-state index >= 15 is 0 Å². The minimum Gasteiger partial charge on any atom is -0.378 e. The van der Waals surface area contributed by atoms with Gasteiger partial charge in [-0.15, -0.1) is 0 Å². The Morgan fingerprint density at radius 3 is 2.23 bits per heavy atom. The van der Waals surface area contributed by atoms with Crippen LogP contribution in [0.2, 0.25) is 0 Å². The molecule has 0 aromatic heterocycles. The van der Waals surface area contributed by atoms with Crippen molar-refractivity contribution in [3.8, 4) is 0 Å². The predicted molar refractivity (Wildman–Crippen MR) is 79.0 cm³/mol. The molecule has 0 radical (unpaired) electrons. The lowest BCUT2D eigenvalue weighted by atomic mass is 10.1. The van der Waals surface area contributed by atoms with E-state index in [0.717, 1.165) is 0 Å². The molecule has 0 aliphatic carbocycles. The van der Waals surface area contributed by atoms with Gasteiger partial charge in [-0.2, -0.15) is 0 Å². The molecule has 1 aromatic carbocycles. The first-order valence-corrected chi connectivity index (χ1v) is 9.29. The van der Waals surface area contributed by atoms with Gasteiger partial charge in [0.1, 0.15) is 4.90 Å². The fourth-order valence-electron chi connectivity index (χ4n) is 2.05. The largest absolute Gasteiger partial charge is 0.378 e. The summed E-state index contributed by atoms with van der Waals surface area (Å²) >= 11 is 2.83. The monoisotopic (exact) mass is 409 g/mol. The Bertz CT molecular complexity index is 601. The molecule has 22 heavy (non-hydrogen) atoms. The van der Waals surface area contributed by atoms with Crippen molar-refractivity contribution in [2.75, 3.05) is 36.5 Å². The van der Waals surface area contributed by atoms with Gasteiger partial charge in [0.25, 0.3) is 0 Å². The maximum Gasteiger partial charge on any atom is 0.310 e. The molecule has 3 nitrogen and oxygen atoms in total. The van der Waals surface area contributed by atoms with Gasteiger partial charge in [0.15, 0.2) is 5.78 Å². The summed E-state index contributed by atoms with van der Waals surface area (Å²) in [5.74, 6) is -0.696. The Hall–Kier alpha value is -0.870. The molecule has 1 aliphatic rings. The van der Waals surface area contributed by atoms with Crippen molar-refractivity contribution < 1.29 is 29.0 Å². The maximum atomic E-state index is 13.1. The van der Waals surface area contributed by atoms with Crippen molar-refractivity contribution >= 4 is 37.6 Å². The predicted octanol–water partition coefficient (Wildman–Crippen LogP) is 4.76. The van der Waals surface area contributed by atoms with Gasteiger partial charge >= 0.3 is 10.2 Å². The van der Waals surface area contributed by atoms with E-state index in [1.165, 1.54) is 11.0 Å². The van der Waals surface area contributed by atoms with Crippen molar-refractivity contribution in [3.63, 3.8) is 0 Å². The van der Waals surface area contributed by atoms with Crippen LogP contribution < -0.4 is 4.90 Å². The van der Waals surface area contributed by atoms with Crippen molar-refractivity contribution in [2.45, 2.75) is 4.90 Å². The topological polar surface area (TPSA) is 29.5 Å². The van der Waals surface area contributed by atoms with E-state index in [0.29, 0.717) is 6.07 Å². The number of carbonyl (C=O) groups excluding carboxylic acids is 1. The van der Waals surface area contributed by atoms with Gasteiger partial charge in [0, 0.05) is 24.3 Å². The molecule has 1 aromatic rings. The highest BCUT2D eigenvalue weighted by Gasteiger charge is 2.65. The van der Waals surface area contributed by atoms with Crippen LogP contribution in [0.3, 0.4) is 0 Å². The average Bonchev–Trinajstić information content (AvgIpc) is 2.44. The van der Waals surface area contributed by atoms with Crippen LogP contribution in [0.1, 0.15) is 10.4 Å². The Morgan fingerprint density at radius 1 is 1.14 bits per heavy atom. The first kappa shape index (κ1) is 17.5. The summed E-state index contributed by atoms with van der Waals surface area (Å²) in [5, 5.41) is -0.251. The number of ether oxygens (including phenoxy) is 1. The maximum absolute atomic E-state index is 13.1. The SMILES string of the molecule is O=C(CBr)c1cc(N2CCOCC2)cc(S(F)(F)(F)(F)F)c1. The summed E-state index contributed by atoms with van der Waals surface area (Å²) in [6.45, 7) is 1.10. The van der Waals surface area contributed by atoms with E-state index in [9.17, 15) is 24.2 Å². The Labute approximate surface area is 132 Å². The number of benzene rings is 1. The van der Waals surface area contributed by atoms with E-state index in [4.69, 9.17) is 4.74 Å². The molecule has 126 valence electrons. The molecule has 1 heterocycles. The average molecular weight is 410 g/mol. The molecule has 10 heteroatoms. The highest BCUT2D eigenvalue weighted by atomic mass is 79.9. The normalized spacial score (nSPS) is 19.5. The summed E-state index contributed by atoms with van der Waals surface area (Å²) in [6, 6.07) is 1.81. The van der Waals surface area contributed by atoms with Crippen molar-refractivity contribution in [1.82, 2.24) is 0 Å². The smallest absolute Gasteiger partial charge is 0.310 e. The van der Waals surface area contributed by atoms with Crippen LogP contribution in [0.4, 0.5) is 25.1 Å². The molecule has 2 rings (SSSR count). The minimum atomic E-state index is -9.86.